The zero-order chi connectivity index (χ0) is 13.3. The highest BCUT2D eigenvalue weighted by Gasteiger charge is 2.43. The molecular formula is C16H30N2O. The van der Waals surface area contributed by atoms with E-state index in [1.165, 1.54) is 45.1 Å². The predicted molar refractivity (Wildman–Crippen MR) is 78.4 cm³/mol. The number of rotatable bonds is 4. The van der Waals surface area contributed by atoms with Gasteiger partial charge in [0.15, 0.2) is 0 Å². The first-order valence-electron chi connectivity index (χ1n) is 8.27. The van der Waals surface area contributed by atoms with Gasteiger partial charge < -0.3 is 10.1 Å². The fourth-order valence-electron chi connectivity index (χ4n) is 4.45. The van der Waals surface area contributed by atoms with E-state index in [2.05, 4.69) is 24.1 Å². The summed E-state index contributed by atoms with van der Waals surface area (Å²) in [6, 6.07) is 2.48. The average molecular weight is 266 g/mol. The molecule has 0 saturated carbocycles. The summed E-state index contributed by atoms with van der Waals surface area (Å²) in [6.07, 6.45) is 8.10. The van der Waals surface area contributed by atoms with Gasteiger partial charge in [0.05, 0.1) is 0 Å². The van der Waals surface area contributed by atoms with Crippen LogP contribution < -0.4 is 5.32 Å². The van der Waals surface area contributed by atoms with Gasteiger partial charge >= 0.3 is 0 Å². The minimum atomic E-state index is 0.504. The lowest BCUT2D eigenvalue weighted by Crippen LogP contribution is -2.52. The molecule has 3 aliphatic rings. The first-order valence-corrected chi connectivity index (χ1v) is 8.27. The van der Waals surface area contributed by atoms with Gasteiger partial charge in [-0.3, -0.25) is 4.90 Å². The molecular weight excluding hydrogens is 236 g/mol. The van der Waals surface area contributed by atoms with E-state index in [0.29, 0.717) is 5.41 Å². The molecule has 0 aromatic heterocycles. The van der Waals surface area contributed by atoms with Gasteiger partial charge in [0.2, 0.25) is 0 Å². The molecule has 0 spiro atoms. The standard InChI is InChI=1S/C16H30N2O/c1-3-17-13-10-14-4-5-15(11-13)18(14)12-16(2)6-8-19-9-7-16/h13-15,17H,3-12H2,1-2H3. The van der Waals surface area contributed by atoms with Crippen LogP contribution in [0, 0.1) is 5.41 Å². The van der Waals surface area contributed by atoms with Crippen LogP contribution >= 0.6 is 0 Å². The molecule has 3 heterocycles. The highest BCUT2D eigenvalue weighted by atomic mass is 16.5. The Morgan fingerprint density at radius 1 is 1.16 bits per heavy atom. The number of hydrogen-bond donors (Lipinski definition) is 1. The Bertz CT molecular complexity index is 287. The summed E-state index contributed by atoms with van der Waals surface area (Å²) in [5.74, 6) is 0. The third-order valence-corrected chi connectivity index (χ3v) is 5.64. The fourth-order valence-corrected chi connectivity index (χ4v) is 4.45. The fraction of sp³-hybridized carbons (Fsp3) is 1.00. The Morgan fingerprint density at radius 3 is 2.37 bits per heavy atom. The van der Waals surface area contributed by atoms with E-state index in [-0.39, 0.29) is 0 Å². The molecule has 3 saturated heterocycles. The van der Waals surface area contributed by atoms with Gasteiger partial charge in [-0.25, -0.2) is 0 Å². The lowest BCUT2D eigenvalue weighted by atomic mass is 9.80. The zero-order valence-electron chi connectivity index (χ0n) is 12.7. The van der Waals surface area contributed by atoms with Crippen LogP contribution in [0.1, 0.15) is 52.4 Å². The smallest absolute Gasteiger partial charge is 0.0471 e. The molecule has 0 aliphatic carbocycles. The van der Waals surface area contributed by atoms with Crippen LogP contribution in [-0.2, 0) is 4.74 Å². The summed E-state index contributed by atoms with van der Waals surface area (Å²) in [6.45, 7) is 9.09. The summed E-state index contributed by atoms with van der Waals surface area (Å²) in [4.78, 5) is 2.86. The lowest BCUT2D eigenvalue weighted by molar-refractivity contribution is -0.0136. The van der Waals surface area contributed by atoms with Crippen LogP contribution in [-0.4, -0.2) is 49.3 Å². The van der Waals surface area contributed by atoms with Crippen molar-refractivity contribution in [3.8, 4) is 0 Å². The van der Waals surface area contributed by atoms with Crippen LogP contribution in [0.2, 0.25) is 0 Å². The molecule has 0 radical (unpaired) electrons. The van der Waals surface area contributed by atoms with Crippen LogP contribution in [0.15, 0.2) is 0 Å². The van der Waals surface area contributed by atoms with Gasteiger partial charge in [0.25, 0.3) is 0 Å². The number of piperidine rings is 1. The van der Waals surface area contributed by atoms with E-state index in [1.54, 1.807) is 0 Å². The Balaban J connectivity index is 1.60. The molecule has 3 aliphatic heterocycles. The molecule has 1 N–H and O–H groups in total. The molecule has 0 aromatic carbocycles. The van der Waals surface area contributed by atoms with Crippen LogP contribution in [0.5, 0.6) is 0 Å². The molecule has 0 aromatic rings. The monoisotopic (exact) mass is 266 g/mol. The van der Waals surface area contributed by atoms with Crippen molar-refractivity contribution in [2.45, 2.75) is 70.5 Å². The average Bonchev–Trinajstić information content (AvgIpc) is 2.62. The van der Waals surface area contributed by atoms with Crippen molar-refractivity contribution >= 4 is 0 Å². The normalized spacial score (nSPS) is 38.5. The van der Waals surface area contributed by atoms with Crippen molar-refractivity contribution in [1.29, 1.82) is 0 Å². The minimum absolute atomic E-state index is 0.504. The van der Waals surface area contributed by atoms with Crippen LogP contribution in [0.25, 0.3) is 0 Å². The third-order valence-electron chi connectivity index (χ3n) is 5.64. The Labute approximate surface area is 118 Å². The van der Waals surface area contributed by atoms with Gasteiger partial charge in [-0.1, -0.05) is 13.8 Å². The van der Waals surface area contributed by atoms with Crippen molar-refractivity contribution < 1.29 is 4.74 Å². The molecule has 19 heavy (non-hydrogen) atoms. The maximum atomic E-state index is 5.54. The summed E-state index contributed by atoms with van der Waals surface area (Å²) < 4.78 is 5.54. The van der Waals surface area contributed by atoms with E-state index in [9.17, 15) is 0 Å². The van der Waals surface area contributed by atoms with Crippen molar-refractivity contribution in [3.63, 3.8) is 0 Å². The summed E-state index contributed by atoms with van der Waals surface area (Å²) >= 11 is 0. The number of fused-ring (bicyclic) bond motifs is 2. The van der Waals surface area contributed by atoms with Gasteiger partial charge in [-0.15, -0.1) is 0 Å². The summed E-state index contributed by atoms with van der Waals surface area (Å²) in [5, 5.41) is 3.67. The first kappa shape index (κ1) is 13.8. The number of ether oxygens (including phenoxy) is 1. The Morgan fingerprint density at radius 2 is 1.79 bits per heavy atom. The summed E-state index contributed by atoms with van der Waals surface area (Å²) in [7, 11) is 0. The molecule has 2 unspecified atom stereocenters. The number of hydrogen-bond acceptors (Lipinski definition) is 3. The topological polar surface area (TPSA) is 24.5 Å². The van der Waals surface area contributed by atoms with E-state index in [1.807, 2.05) is 0 Å². The van der Waals surface area contributed by atoms with Crippen molar-refractivity contribution in [1.82, 2.24) is 10.2 Å². The Kier molecular flexibility index (Phi) is 4.16. The van der Waals surface area contributed by atoms with E-state index < -0.39 is 0 Å². The predicted octanol–water partition coefficient (Wildman–Crippen LogP) is 2.41. The molecule has 110 valence electrons. The minimum Gasteiger partial charge on any atom is -0.381 e. The van der Waals surface area contributed by atoms with E-state index in [4.69, 9.17) is 4.74 Å². The van der Waals surface area contributed by atoms with Crippen LogP contribution in [0.3, 0.4) is 0 Å². The van der Waals surface area contributed by atoms with Crippen LogP contribution in [0.4, 0.5) is 0 Å². The first-order chi connectivity index (χ1) is 9.20. The largest absolute Gasteiger partial charge is 0.381 e. The molecule has 2 bridgehead atoms. The molecule has 3 nitrogen and oxygen atoms in total. The Hall–Kier alpha value is -0.120. The molecule has 3 rings (SSSR count). The van der Waals surface area contributed by atoms with E-state index >= 15 is 0 Å². The zero-order valence-corrected chi connectivity index (χ0v) is 12.7. The third kappa shape index (κ3) is 2.98. The molecule has 3 heteroatoms. The van der Waals surface area contributed by atoms with Crippen molar-refractivity contribution in [3.05, 3.63) is 0 Å². The second-order valence-electron chi connectivity index (χ2n) is 7.21. The van der Waals surface area contributed by atoms with Gasteiger partial charge in [0.1, 0.15) is 0 Å². The van der Waals surface area contributed by atoms with Gasteiger partial charge in [0, 0.05) is 37.9 Å². The summed E-state index contributed by atoms with van der Waals surface area (Å²) in [5.41, 5.74) is 0.504. The second-order valence-corrected chi connectivity index (χ2v) is 7.21. The highest BCUT2D eigenvalue weighted by molar-refractivity contribution is 4.99. The van der Waals surface area contributed by atoms with Gasteiger partial charge in [-0.05, 0) is 50.5 Å². The quantitative estimate of drug-likeness (QED) is 0.845. The molecule has 0 amide bonds. The lowest BCUT2D eigenvalue weighted by Gasteiger charge is -2.45. The number of nitrogens with one attached hydrogen (secondary N) is 1. The second kappa shape index (κ2) is 5.71. The highest BCUT2D eigenvalue weighted by Crippen LogP contribution is 2.40. The van der Waals surface area contributed by atoms with Crippen molar-refractivity contribution in [2.75, 3.05) is 26.3 Å². The molecule has 2 atom stereocenters. The maximum Gasteiger partial charge on any atom is 0.0471 e. The SMILES string of the molecule is CCNC1CC2CCC(C1)N2CC1(C)CCOCC1. The van der Waals surface area contributed by atoms with E-state index in [0.717, 1.165) is 37.9 Å². The maximum absolute atomic E-state index is 5.54. The van der Waals surface area contributed by atoms with Crippen molar-refractivity contribution in [2.24, 2.45) is 5.41 Å². The van der Waals surface area contributed by atoms with Gasteiger partial charge in [-0.2, -0.15) is 0 Å². The molecule has 3 fully saturated rings. The number of nitrogens with zero attached hydrogens (tertiary/aromatic N) is 1.